The molecule has 2 aromatic carbocycles. The molecule has 0 fully saturated rings. The first-order valence-electron chi connectivity index (χ1n) is 11.1. The zero-order chi connectivity index (χ0) is 23.4. The van der Waals surface area contributed by atoms with Gasteiger partial charge in [0, 0.05) is 4.47 Å². The van der Waals surface area contributed by atoms with Crippen molar-refractivity contribution < 1.29 is 41.9 Å². The molecule has 188 valence electrons. The summed E-state index contributed by atoms with van der Waals surface area (Å²) in [4.78, 5) is 14.8. The molecular weight excluding hydrogens is 585 g/mol. The Hall–Kier alpha value is -1.49. The van der Waals surface area contributed by atoms with Crippen molar-refractivity contribution in [3.05, 3.63) is 87.1 Å². The van der Waals surface area contributed by atoms with Crippen molar-refractivity contribution in [1.29, 1.82) is 0 Å². The third-order valence-corrected chi connectivity index (χ3v) is 6.22. The Kier molecular flexibility index (Phi) is 14.3. The Balaban J connectivity index is 0.00000385. The molecule has 35 heavy (non-hydrogen) atoms. The summed E-state index contributed by atoms with van der Waals surface area (Å²) < 4.78 is 0.984. The summed E-state index contributed by atoms with van der Waals surface area (Å²) in [6.07, 6.45) is 0. The summed E-state index contributed by atoms with van der Waals surface area (Å²) in [7, 11) is 0. The number of aliphatic imine (C=N–C) groups is 2. The first-order valence-corrected chi connectivity index (χ1v) is 11.9. The van der Waals surface area contributed by atoms with E-state index in [4.69, 9.17) is 15.0 Å². The maximum atomic E-state index is 5.09. The molecule has 0 saturated carbocycles. The average molecular weight is 617 g/mol. The largest absolute Gasteiger partial charge is 2.00 e. The van der Waals surface area contributed by atoms with Crippen molar-refractivity contribution in [3.8, 4) is 0 Å². The van der Waals surface area contributed by atoms with Gasteiger partial charge < -0.3 is 24.8 Å². The summed E-state index contributed by atoms with van der Waals surface area (Å²) in [5, 5.41) is 0. The van der Waals surface area contributed by atoms with Gasteiger partial charge in [0.2, 0.25) is 0 Å². The molecule has 1 aromatic heterocycles. The first kappa shape index (κ1) is 33.5. The molecule has 1 heterocycles. The summed E-state index contributed by atoms with van der Waals surface area (Å²) in [6, 6.07) is 18.7. The van der Waals surface area contributed by atoms with Gasteiger partial charge in [0.15, 0.2) is 0 Å². The molecule has 0 amide bonds. The van der Waals surface area contributed by atoms with Gasteiger partial charge in [0.1, 0.15) is 0 Å². The van der Waals surface area contributed by atoms with E-state index in [1.54, 1.807) is 0 Å². The average Bonchev–Trinajstić information content (AvgIpc) is 2.76. The maximum absolute atomic E-state index is 5.09. The van der Waals surface area contributed by atoms with E-state index in [0.717, 1.165) is 44.2 Å². The van der Waals surface area contributed by atoms with Crippen LogP contribution in [-0.4, -0.2) is 16.4 Å². The van der Waals surface area contributed by atoms with Crippen molar-refractivity contribution in [3.63, 3.8) is 0 Å². The minimum Gasteiger partial charge on any atom is -1.00 e. The minimum absolute atomic E-state index is 0. The smallest absolute Gasteiger partial charge is 1.00 e. The van der Waals surface area contributed by atoms with Crippen LogP contribution in [0.3, 0.4) is 0 Å². The van der Waals surface area contributed by atoms with Crippen molar-refractivity contribution in [1.82, 2.24) is 4.98 Å². The molecular formula is C28H32BrCl2FeN3. The van der Waals surface area contributed by atoms with Crippen LogP contribution in [0.2, 0.25) is 0 Å². The zero-order valence-corrected chi connectivity index (χ0v) is 25.4. The number of halogens is 3. The number of hydrogen-bond donors (Lipinski definition) is 0. The summed E-state index contributed by atoms with van der Waals surface area (Å²) in [6.45, 7) is 15.0. The molecule has 3 aromatic rings. The molecule has 0 N–H and O–H groups in total. The van der Waals surface area contributed by atoms with E-state index in [0.29, 0.717) is 11.8 Å². The first-order chi connectivity index (χ1) is 15.2. The van der Waals surface area contributed by atoms with Gasteiger partial charge in [0.05, 0.1) is 34.2 Å². The number of aryl methyl sites for hydroxylation is 1. The van der Waals surface area contributed by atoms with Gasteiger partial charge in [-0.25, -0.2) is 4.98 Å². The van der Waals surface area contributed by atoms with Gasteiger partial charge in [-0.3, -0.25) is 9.98 Å². The van der Waals surface area contributed by atoms with Crippen LogP contribution in [0.5, 0.6) is 0 Å². The van der Waals surface area contributed by atoms with Crippen LogP contribution >= 0.6 is 15.9 Å². The number of pyridine rings is 1. The predicted molar refractivity (Wildman–Crippen MR) is 141 cm³/mol. The van der Waals surface area contributed by atoms with Gasteiger partial charge in [-0.05, 0) is 83.4 Å². The fraction of sp³-hybridized carbons (Fsp3) is 0.321. The van der Waals surface area contributed by atoms with Crippen LogP contribution in [0.15, 0.2) is 69.1 Å². The third-order valence-electron chi connectivity index (χ3n) is 5.58. The van der Waals surface area contributed by atoms with Gasteiger partial charge in [-0.1, -0.05) is 64.1 Å². The van der Waals surface area contributed by atoms with Crippen molar-refractivity contribution in [2.45, 2.75) is 60.3 Å². The van der Waals surface area contributed by atoms with E-state index in [2.05, 4.69) is 74.8 Å². The van der Waals surface area contributed by atoms with Gasteiger partial charge >= 0.3 is 17.1 Å². The molecule has 3 rings (SSSR count). The Bertz CT molecular complexity index is 1140. The molecule has 3 nitrogen and oxygen atoms in total. The fourth-order valence-electron chi connectivity index (χ4n) is 3.69. The monoisotopic (exact) mass is 615 g/mol. The molecule has 0 unspecified atom stereocenters. The van der Waals surface area contributed by atoms with Crippen LogP contribution in [0, 0.1) is 6.92 Å². The van der Waals surface area contributed by atoms with E-state index in [9.17, 15) is 0 Å². The van der Waals surface area contributed by atoms with Crippen molar-refractivity contribution in [2.24, 2.45) is 9.98 Å². The molecule has 0 aliphatic carbocycles. The fourth-order valence-corrected chi connectivity index (χ4v) is 4.25. The standard InChI is InChI=1S/C28H32BrN3.2ClH.Fe/c1-17(2)22-12-9-13-23(18(3)4)28(22)31-21(7)26-16-10-15-25(32-26)20(6)30-27-19(5)11-8-14-24(27)29;;;/h8-18H,1-7H3;2*1H;/q;;;+2/p-2/b30-20+,31-21+;;;. The molecule has 0 aliphatic heterocycles. The van der Waals surface area contributed by atoms with E-state index in [1.807, 2.05) is 44.2 Å². The Morgan fingerprint density at radius 1 is 0.714 bits per heavy atom. The Morgan fingerprint density at radius 2 is 1.14 bits per heavy atom. The number of aromatic nitrogens is 1. The van der Waals surface area contributed by atoms with Gasteiger partial charge in [0.25, 0.3) is 0 Å². The zero-order valence-electron chi connectivity index (χ0n) is 21.2. The summed E-state index contributed by atoms with van der Waals surface area (Å²) >= 11 is 3.61. The van der Waals surface area contributed by atoms with Crippen LogP contribution in [0.25, 0.3) is 0 Å². The second kappa shape index (κ2) is 14.9. The molecule has 0 radical (unpaired) electrons. The Morgan fingerprint density at radius 3 is 1.60 bits per heavy atom. The van der Waals surface area contributed by atoms with Gasteiger partial charge in [-0.2, -0.15) is 0 Å². The predicted octanol–water partition coefficient (Wildman–Crippen LogP) is 2.69. The van der Waals surface area contributed by atoms with E-state index in [-0.39, 0.29) is 41.9 Å². The van der Waals surface area contributed by atoms with E-state index in [1.165, 1.54) is 11.1 Å². The number of hydrogen-bond acceptors (Lipinski definition) is 3. The summed E-state index contributed by atoms with van der Waals surface area (Å²) in [5.74, 6) is 0.808. The number of benzene rings is 2. The normalized spacial score (nSPS) is 11.6. The maximum Gasteiger partial charge on any atom is 2.00 e. The van der Waals surface area contributed by atoms with Crippen LogP contribution in [-0.2, 0) is 17.1 Å². The van der Waals surface area contributed by atoms with Crippen LogP contribution in [0.4, 0.5) is 11.4 Å². The molecule has 0 spiro atoms. The number of nitrogens with zero attached hydrogens (tertiary/aromatic N) is 3. The van der Waals surface area contributed by atoms with Crippen LogP contribution in [0.1, 0.15) is 81.5 Å². The van der Waals surface area contributed by atoms with E-state index >= 15 is 0 Å². The second-order valence-corrected chi connectivity index (χ2v) is 9.66. The third kappa shape index (κ3) is 8.26. The molecule has 0 atom stereocenters. The molecule has 0 bridgehead atoms. The quantitative estimate of drug-likeness (QED) is 0.310. The molecule has 7 heteroatoms. The minimum atomic E-state index is 0. The second-order valence-electron chi connectivity index (χ2n) is 8.80. The summed E-state index contributed by atoms with van der Waals surface area (Å²) in [5.41, 5.74) is 9.20. The van der Waals surface area contributed by atoms with Gasteiger partial charge in [-0.15, -0.1) is 0 Å². The molecule has 0 aliphatic rings. The number of para-hydroxylation sites is 2. The van der Waals surface area contributed by atoms with Crippen LogP contribution < -0.4 is 24.8 Å². The topological polar surface area (TPSA) is 37.6 Å². The molecule has 0 saturated heterocycles. The van der Waals surface area contributed by atoms with E-state index < -0.39 is 0 Å². The SMILES string of the molecule is C/C(=N\c1c(C)cccc1Br)c1cccc(/C(C)=N/c2c(C(C)C)cccc2C(C)C)n1.[Cl-].[Cl-].[Fe+2]. The Labute approximate surface area is 241 Å². The number of rotatable bonds is 6. The van der Waals surface area contributed by atoms with Crippen molar-refractivity contribution in [2.75, 3.05) is 0 Å². The van der Waals surface area contributed by atoms with Crippen molar-refractivity contribution >= 4 is 38.7 Å².